The summed E-state index contributed by atoms with van der Waals surface area (Å²) in [6.45, 7) is 3.28. The highest BCUT2D eigenvalue weighted by Gasteiger charge is 2.23. The molecule has 5 heteroatoms. The van der Waals surface area contributed by atoms with E-state index in [2.05, 4.69) is 15.1 Å². The Hall–Kier alpha value is -0.910. The fraction of sp³-hybridized carbons (Fsp3) is 0.750. The molecule has 2 heterocycles. The standard InChI is InChI=1S/C12H21N3O2/c16-6-8-17-7-5-15-4-2-1-3-12(15)11-9-13-14-10-11/h9-10,12,16H,1-8H2,(H,13,14). The molecule has 1 aliphatic heterocycles. The second kappa shape index (κ2) is 6.74. The Morgan fingerprint density at radius 1 is 1.47 bits per heavy atom. The van der Waals surface area contributed by atoms with E-state index < -0.39 is 0 Å². The lowest BCUT2D eigenvalue weighted by Gasteiger charge is -2.35. The Labute approximate surface area is 102 Å². The van der Waals surface area contributed by atoms with Crippen molar-refractivity contribution in [1.29, 1.82) is 0 Å². The Kier molecular flexibility index (Phi) is 4.97. The maximum absolute atomic E-state index is 8.65. The lowest BCUT2D eigenvalue weighted by molar-refractivity contribution is 0.0532. The predicted molar refractivity (Wildman–Crippen MR) is 64.7 cm³/mol. The number of nitrogens with one attached hydrogen (secondary N) is 1. The lowest BCUT2D eigenvalue weighted by Crippen LogP contribution is -2.35. The van der Waals surface area contributed by atoms with Gasteiger partial charge in [0.05, 0.1) is 26.0 Å². The minimum absolute atomic E-state index is 0.102. The van der Waals surface area contributed by atoms with Gasteiger partial charge in [0.15, 0.2) is 0 Å². The van der Waals surface area contributed by atoms with Crippen molar-refractivity contribution in [1.82, 2.24) is 15.1 Å². The van der Waals surface area contributed by atoms with Crippen molar-refractivity contribution in [3.8, 4) is 0 Å². The van der Waals surface area contributed by atoms with Crippen LogP contribution < -0.4 is 0 Å². The Morgan fingerprint density at radius 3 is 3.18 bits per heavy atom. The molecule has 5 nitrogen and oxygen atoms in total. The highest BCUT2D eigenvalue weighted by Crippen LogP contribution is 2.29. The van der Waals surface area contributed by atoms with E-state index in [9.17, 15) is 0 Å². The van der Waals surface area contributed by atoms with Crippen molar-refractivity contribution in [3.63, 3.8) is 0 Å². The third kappa shape index (κ3) is 3.52. The van der Waals surface area contributed by atoms with Crippen LogP contribution in [-0.4, -0.2) is 53.1 Å². The summed E-state index contributed by atoms with van der Waals surface area (Å²) in [5, 5.41) is 15.6. The number of H-pyrrole nitrogens is 1. The SMILES string of the molecule is OCCOCCN1CCCCC1c1cn[nH]c1. The van der Waals surface area contributed by atoms with Gasteiger partial charge in [0, 0.05) is 24.3 Å². The van der Waals surface area contributed by atoms with Crippen molar-refractivity contribution in [2.24, 2.45) is 0 Å². The molecule has 1 fully saturated rings. The summed E-state index contributed by atoms with van der Waals surface area (Å²) in [6.07, 6.45) is 7.63. The average Bonchev–Trinajstić information content (AvgIpc) is 2.89. The number of piperidine rings is 1. The van der Waals surface area contributed by atoms with Gasteiger partial charge in [-0.05, 0) is 19.4 Å². The van der Waals surface area contributed by atoms with Crippen LogP contribution >= 0.6 is 0 Å². The van der Waals surface area contributed by atoms with Crippen LogP contribution in [0.2, 0.25) is 0 Å². The summed E-state index contributed by atoms with van der Waals surface area (Å²) in [6, 6.07) is 0.472. The smallest absolute Gasteiger partial charge is 0.0698 e. The summed E-state index contributed by atoms with van der Waals surface area (Å²) in [4.78, 5) is 2.45. The highest BCUT2D eigenvalue weighted by molar-refractivity contribution is 5.10. The second-order valence-electron chi connectivity index (χ2n) is 4.42. The van der Waals surface area contributed by atoms with Gasteiger partial charge in [-0.1, -0.05) is 6.42 Å². The zero-order valence-corrected chi connectivity index (χ0v) is 10.1. The number of likely N-dealkylation sites (tertiary alicyclic amines) is 1. The molecule has 0 aliphatic carbocycles. The van der Waals surface area contributed by atoms with Crippen LogP contribution in [0.3, 0.4) is 0 Å². The quantitative estimate of drug-likeness (QED) is 0.725. The number of aromatic nitrogens is 2. The molecule has 0 bridgehead atoms. The predicted octanol–water partition coefficient (Wildman–Crippen LogP) is 0.946. The largest absolute Gasteiger partial charge is 0.394 e. The first-order chi connectivity index (χ1) is 8.42. The first-order valence-electron chi connectivity index (χ1n) is 6.33. The molecule has 2 N–H and O–H groups in total. The van der Waals surface area contributed by atoms with E-state index in [0.29, 0.717) is 19.3 Å². The van der Waals surface area contributed by atoms with Gasteiger partial charge < -0.3 is 9.84 Å². The number of aromatic amines is 1. The minimum Gasteiger partial charge on any atom is -0.394 e. The van der Waals surface area contributed by atoms with E-state index in [0.717, 1.165) is 13.1 Å². The van der Waals surface area contributed by atoms with Crippen LogP contribution in [-0.2, 0) is 4.74 Å². The molecule has 0 spiro atoms. The van der Waals surface area contributed by atoms with E-state index >= 15 is 0 Å². The van der Waals surface area contributed by atoms with Gasteiger partial charge in [0.1, 0.15) is 0 Å². The first kappa shape index (κ1) is 12.5. The summed E-state index contributed by atoms with van der Waals surface area (Å²) in [7, 11) is 0. The molecule has 0 saturated carbocycles. The topological polar surface area (TPSA) is 61.4 Å². The molecule has 1 aliphatic rings. The number of rotatable bonds is 6. The molecule has 1 saturated heterocycles. The number of hydrogen-bond donors (Lipinski definition) is 2. The number of hydrogen-bond acceptors (Lipinski definition) is 4. The lowest BCUT2D eigenvalue weighted by atomic mass is 9.98. The molecule has 2 rings (SSSR count). The van der Waals surface area contributed by atoms with Gasteiger partial charge in [-0.15, -0.1) is 0 Å². The molecule has 0 aromatic carbocycles. The van der Waals surface area contributed by atoms with Gasteiger partial charge in [-0.2, -0.15) is 5.10 Å². The summed E-state index contributed by atoms with van der Waals surface area (Å²) in [5.74, 6) is 0. The minimum atomic E-state index is 0.102. The molecule has 17 heavy (non-hydrogen) atoms. The van der Waals surface area contributed by atoms with Crippen molar-refractivity contribution >= 4 is 0 Å². The van der Waals surface area contributed by atoms with E-state index in [1.54, 1.807) is 0 Å². The van der Waals surface area contributed by atoms with Crippen molar-refractivity contribution in [3.05, 3.63) is 18.0 Å². The maximum Gasteiger partial charge on any atom is 0.0698 e. The molecular weight excluding hydrogens is 218 g/mol. The van der Waals surface area contributed by atoms with Gasteiger partial charge in [0.2, 0.25) is 0 Å². The molecule has 1 aromatic rings. The van der Waals surface area contributed by atoms with Crippen molar-refractivity contribution in [2.75, 3.05) is 32.9 Å². The monoisotopic (exact) mass is 239 g/mol. The molecule has 1 atom stereocenters. The van der Waals surface area contributed by atoms with Gasteiger partial charge >= 0.3 is 0 Å². The molecule has 1 unspecified atom stereocenters. The number of aliphatic hydroxyl groups is 1. The van der Waals surface area contributed by atoms with Crippen molar-refractivity contribution < 1.29 is 9.84 Å². The van der Waals surface area contributed by atoms with E-state index in [4.69, 9.17) is 9.84 Å². The summed E-state index contributed by atoms with van der Waals surface area (Å²) in [5.41, 5.74) is 1.27. The first-order valence-corrected chi connectivity index (χ1v) is 6.33. The van der Waals surface area contributed by atoms with Gasteiger partial charge in [-0.25, -0.2) is 0 Å². The molecule has 0 amide bonds. The summed E-state index contributed by atoms with van der Waals surface area (Å²) < 4.78 is 5.34. The van der Waals surface area contributed by atoms with E-state index in [-0.39, 0.29) is 6.61 Å². The van der Waals surface area contributed by atoms with Crippen LogP contribution in [0.5, 0.6) is 0 Å². The van der Waals surface area contributed by atoms with Crippen LogP contribution in [0.4, 0.5) is 0 Å². The van der Waals surface area contributed by atoms with Crippen LogP contribution in [0.1, 0.15) is 30.9 Å². The van der Waals surface area contributed by atoms with Gasteiger partial charge in [0.25, 0.3) is 0 Å². The fourth-order valence-corrected chi connectivity index (χ4v) is 2.43. The summed E-state index contributed by atoms with van der Waals surface area (Å²) >= 11 is 0. The molecule has 96 valence electrons. The number of ether oxygens (including phenoxy) is 1. The zero-order chi connectivity index (χ0) is 11.9. The Bertz CT molecular complexity index is 303. The normalized spacial score (nSPS) is 21.8. The van der Waals surface area contributed by atoms with Crippen LogP contribution in [0, 0.1) is 0 Å². The van der Waals surface area contributed by atoms with Crippen LogP contribution in [0.15, 0.2) is 12.4 Å². The van der Waals surface area contributed by atoms with E-state index in [1.165, 1.54) is 24.8 Å². The maximum atomic E-state index is 8.65. The fourth-order valence-electron chi connectivity index (χ4n) is 2.43. The van der Waals surface area contributed by atoms with Gasteiger partial charge in [-0.3, -0.25) is 10.00 Å². The Morgan fingerprint density at radius 2 is 2.41 bits per heavy atom. The third-order valence-electron chi connectivity index (χ3n) is 3.28. The molecule has 1 aromatic heterocycles. The Balaban J connectivity index is 1.84. The third-order valence-corrected chi connectivity index (χ3v) is 3.28. The van der Waals surface area contributed by atoms with E-state index in [1.807, 2.05) is 12.4 Å². The van der Waals surface area contributed by atoms with Crippen LogP contribution in [0.25, 0.3) is 0 Å². The highest BCUT2D eigenvalue weighted by atomic mass is 16.5. The molecular formula is C12H21N3O2. The number of nitrogens with zero attached hydrogens (tertiary/aromatic N) is 2. The molecule has 0 radical (unpaired) electrons. The second-order valence-corrected chi connectivity index (χ2v) is 4.42. The average molecular weight is 239 g/mol. The zero-order valence-electron chi connectivity index (χ0n) is 10.1. The number of aliphatic hydroxyl groups excluding tert-OH is 1. The van der Waals surface area contributed by atoms with Crippen molar-refractivity contribution in [2.45, 2.75) is 25.3 Å².